The van der Waals surface area contributed by atoms with Gasteiger partial charge < -0.3 is 19.9 Å². The van der Waals surface area contributed by atoms with E-state index in [1.807, 2.05) is 90.1 Å². The Bertz CT molecular complexity index is 1270. The van der Waals surface area contributed by atoms with E-state index < -0.39 is 17.8 Å². The summed E-state index contributed by atoms with van der Waals surface area (Å²) in [6.07, 6.45) is -3.26. The molecule has 0 saturated heterocycles. The second kappa shape index (κ2) is 15.5. The number of nitrogens with zero attached hydrogens (tertiary/aromatic N) is 1. The highest BCUT2D eigenvalue weighted by Crippen LogP contribution is 2.39. The average molecular weight is 593 g/mol. The lowest BCUT2D eigenvalue weighted by Crippen LogP contribution is -2.51. The third-order valence-corrected chi connectivity index (χ3v) is 6.70. The van der Waals surface area contributed by atoms with Gasteiger partial charge in [-0.2, -0.15) is 13.2 Å². The zero-order valence-electron chi connectivity index (χ0n) is 24.5. The van der Waals surface area contributed by atoms with E-state index in [-0.39, 0.29) is 35.4 Å². The minimum atomic E-state index is -4.52. The Balaban J connectivity index is 0.000000320. The fourth-order valence-corrected chi connectivity index (χ4v) is 4.58. The van der Waals surface area contributed by atoms with Gasteiger partial charge in [0.2, 0.25) is 11.8 Å². The SMILES string of the molecule is CCCC(=O)NC(C(=O)NC(C)C)C(C)C.Cc1ccc(-c2ccccc2SNc2noc(C)c2C(F)(F)F)cc1. The van der Waals surface area contributed by atoms with Crippen molar-refractivity contribution >= 4 is 29.6 Å². The van der Waals surface area contributed by atoms with E-state index in [2.05, 4.69) is 20.5 Å². The number of alkyl halides is 3. The van der Waals surface area contributed by atoms with Crippen LogP contribution in [0, 0.1) is 19.8 Å². The van der Waals surface area contributed by atoms with Crippen LogP contribution in [0.5, 0.6) is 0 Å². The van der Waals surface area contributed by atoms with Crippen LogP contribution >= 0.6 is 11.9 Å². The first kappa shape index (κ1) is 33.7. The van der Waals surface area contributed by atoms with Gasteiger partial charge in [0.15, 0.2) is 5.82 Å². The molecule has 224 valence electrons. The molecule has 0 bridgehead atoms. The summed E-state index contributed by atoms with van der Waals surface area (Å²) in [5, 5.41) is 9.07. The number of rotatable bonds is 10. The number of hydrogen-bond acceptors (Lipinski definition) is 6. The maximum Gasteiger partial charge on any atom is 0.423 e. The first-order valence-corrected chi connectivity index (χ1v) is 14.3. The molecule has 0 saturated carbocycles. The fourth-order valence-electron chi connectivity index (χ4n) is 3.79. The van der Waals surface area contributed by atoms with Gasteiger partial charge >= 0.3 is 6.18 Å². The fraction of sp³-hybridized carbons (Fsp3) is 0.433. The minimum absolute atomic E-state index is 0.0555. The Kier molecular flexibility index (Phi) is 12.8. The number of nitrogens with one attached hydrogen (secondary N) is 3. The molecular weight excluding hydrogens is 553 g/mol. The highest BCUT2D eigenvalue weighted by atomic mass is 32.2. The van der Waals surface area contributed by atoms with Crippen LogP contribution in [0.4, 0.5) is 19.0 Å². The standard InChI is InChI=1S/C18H15F3N2OS.C12H24N2O2/c1-11-7-9-13(10-8-11)14-5-3-4-6-15(14)25-23-17-16(18(19,20)21)12(2)24-22-17;1-6-7-10(15)14-11(8(2)3)12(16)13-9(4)5/h3-10H,1-2H3,(H,22,23);8-9,11H,6-7H2,1-5H3,(H,13,16)(H,14,15). The van der Waals surface area contributed by atoms with Crippen LogP contribution in [0.2, 0.25) is 0 Å². The summed E-state index contributed by atoms with van der Waals surface area (Å²) in [5.74, 6) is -0.648. The highest BCUT2D eigenvalue weighted by Gasteiger charge is 2.39. The molecule has 0 fully saturated rings. The maximum absolute atomic E-state index is 13.1. The van der Waals surface area contributed by atoms with Gasteiger partial charge in [-0.3, -0.25) is 9.59 Å². The van der Waals surface area contributed by atoms with Gasteiger partial charge in [-0.15, -0.1) is 0 Å². The van der Waals surface area contributed by atoms with Gasteiger partial charge in [0.25, 0.3) is 0 Å². The number of halogens is 3. The van der Waals surface area contributed by atoms with Crippen LogP contribution in [0.15, 0.2) is 57.9 Å². The summed E-state index contributed by atoms with van der Waals surface area (Å²) < 4.78 is 46.7. The van der Waals surface area contributed by atoms with E-state index in [4.69, 9.17) is 4.52 Å². The van der Waals surface area contributed by atoms with Crippen LogP contribution in [0.1, 0.15) is 64.3 Å². The van der Waals surface area contributed by atoms with Crippen molar-refractivity contribution in [2.24, 2.45) is 5.92 Å². The van der Waals surface area contributed by atoms with Crippen molar-refractivity contribution in [2.75, 3.05) is 4.72 Å². The van der Waals surface area contributed by atoms with E-state index in [9.17, 15) is 22.8 Å². The normalized spacial score (nSPS) is 12.0. The summed E-state index contributed by atoms with van der Waals surface area (Å²) >= 11 is 1.07. The highest BCUT2D eigenvalue weighted by molar-refractivity contribution is 8.00. The molecule has 0 aliphatic rings. The van der Waals surface area contributed by atoms with Crippen LogP contribution in [0.3, 0.4) is 0 Å². The van der Waals surface area contributed by atoms with Gasteiger partial charge in [0.1, 0.15) is 17.4 Å². The monoisotopic (exact) mass is 592 g/mol. The smallest absolute Gasteiger partial charge is 0.359 e. The van der Waals surface area contributed by atoms with Gasteiger partial charge in [0.05, 0.1) is 0 Å². The molecule has 2 amide bonds. The number of aromatic nitrogens is 1. The van der Waals surface area contributed by atoms with Crippen molar-refractivity contribution in [1.82, 2.24) is 15.8 Å². The summed E-state index contributed by atoms with van der Waals surface area (Å²) in [5.41, 5.74) is 2.17. The number of carbonyl (C=O) groups excluding carboxylic acids is 2. The molecule has 1 aromatic heterocycles. The van der Waals surface area contributed by atoms with Gasteiger partial charge in [-0.05, 0) is 69.2 Å². The summed E-state index contributed by atoms with van der Waals surface area (Å²) in [7, 11) is 0. The van der Waals surface area contributed by atoms with Crippen molar-refractivity contribution < 1.29 is 27.3 Å². The molecule has 3 aromatic rings. The van der Waals surface area contributed by atoms with Gasteiger partial charge in [-0.25, -0.2) is 0 Å². The van der Waals surface area contributed by atoms with Crippen LogP contribution in [-0.4, -0.2) is 29.1 Å². The number of hydrogen-bond donors (Lipinski definition) is 3. The number of carbonyl (C=O) groups is 2. The molecule has 11 heteroatoms. The molecule has 3 N–H and O–H groups in total. The molecule has 3 rings (SSSR count). The molecule has 7 nitrogen and oxygen atoms in total. The van der Waals surface area contributed by atoms with Crippen LogP contribution in [-0.2, 0) is 15.8 Å². The Morgan fingerprint density at radius 1 is 0.976 bits per heavy atom. The first-order valence-electron chi connectivity index (χ1n) is 13.5. The lowest BCUT2D eigenvalue weighted by molar-refractivity contribution is -0.137. The molecule has 0 radical (unpaired) electrons. The maximum atomic E-state index is 13.1. The molecule has 0 spiro atoms. The van der Waals surface area contributed by atoms with Crippen LogP contribution < -0.4 is 15.4 Å². The molecule has 41 heavy (non-hydrogen) atoms. The molecule has 2 aromatic carbocycles. The molecular formula is C30H39F3N4O3S. The predicted octanol–water partition coefficient (Wildman–Crippen LogP) is 7.55. The Morgan fingerprint density at radius 3 is 2.17 bits per heavy atom. The number of aryl methyl sites for hydroxylation is 2. The predicted molar refractivity (Wildman–Crippen MR) is 157 cm³/mol. The topological polar surface area (TPSA) is 96.3 Å². The number of benzene rings is 2. The number of anilines is 1. The van der Waals surface area contributed by atoms with E-state index >= 15 is 0 Å². The molecule has 0 aliphatic carbocycles. The lowest BCUT2D eigenvalue weighted by Gasteiger charge is -2.22. The minimum Gasteiger partial charge on any atom is -0.359 e. The van der Waals surface area contributed by atoms with E-state index in [0.29, 0.717) is 6.42 Å². The van der Waals surface area contributed by atoms with Gasteiger partial charge in [0, 0.05) is 17.4 Å². The number of amides is 2. The molecule has 1 atom stereocenters. The molecule has 1 unspecified atom stereocenters. The lowest BCUT2D eigenvalue weighted by atomic mass is 10.0. The molecule has 1 heterocycles. The summed E-state index contributed by atoms with van der Waals surface area (Å²) in [6, 6.07) is 15.1. The average Bonchev–Trinajstić information content (AvgIpc) is 3.27. The zero-order chi connectivity index (χ0) is 30.7. The third kappa shape index (κ3) is 10.5. The second-order valence-electron chi connectivity index (χ2n) is 10.2. The second-order valence-corrected chi connectivity index (χ2v) is 11.1. The van der Waals surface area contributed by atoms with E-state index in [1.54, 1.807) is 0 Å². The summed E-state index contributed by atoms with van der Waals surface area (Å²) in [6.45, 7) is 12.8. The third-order valence-electron chi connectivity index (χ3n) is 5.83. The Labute approximate surface area is 244 Å². The first-order chi connectivity index (χ1) is 19.2. The quantitative estimate of drug-likeness (QED) is 0.211. The Hall–Kier alpha value is -3.47. The zero-order valence-corrected chi connectivity index (χ0v) is 25.3. The van der Waals surface area contributed by atoms with Gasteiger partial charge in [-0.1, -0.05) is 74.0 Å². The van der Waals surface area contributed by atoms with Crippen molar-refractivity contribution in [2.45, 2.75) is 84.5 Å². The van der Waals surface area contributed by atoms with Crippen molar-refractivity contribution in [3.05, 3.63) is 65.4 Å². The van der Waals surface area contributed by atoms with E-state index in [1.165, 1.54) is 6.92 Å². The van der Waals surface area contributed by atoms with Crippen molar-refractivity contribution in [1.29, 1.82) is 0 Å². The van der Waals surface area contributed by atoms with Crippen LogP contribution in [0.25, 0.3) is 11.1 Å². The van der Waals surface area contributed by atoms with E-state index in [0.717, 1.165) is 40.0 Å². The Morgan fingerprint density at radius 2 is 1.61 bits per heavy atom. The molecule has 0 aliphatic heterocycles. The van der Waals surface area contributed by atoms with Crippen molar-refractivity contribution in [3.63, 3.8) is 0 Å². The van der Waals surface area contributed by atoms with Crippen molar-refractivity contribution in [3.8, 4) is 11.1 Å². The summed E-state index contributed by atoms with van der Waals surface area (Å²) in [4.78, 5) is 24.1. The largest absolute Gasteiger partial charge is 0.423 e.